The lowest BCUT2D eigenvalue weighted by Crippen LogP contribution is -2.39. The number of hydrogen-bond donors (Lipinski definition) is 1. The number of benzene rings is 2. The normalized spacial score (nSPS) is 23.4. The highest BCUT2D eigenvalue weighted by Gasteiger charge is 2.48. The summed E-state index contributed by atoms with van der Waals surface area (Å²) in [7, 11) is 0. The van der Waals surface area contributed by atoms with Crippen molar-refractivity contribution in [3.05, 3.63) is 59.7 Å². The summed E-state index contributed by atoms with van der Waals surface area (Å²) in [6.45, 7) is 1.66. The minimum Gasteiger partial charge on any atom is -0.481 e. The Labute approximate surface area is 170 Å². The van der Waals surface area contributed by atoms with Crippen LogP contribution in [0.3, 0.4) is 0 Å². The lowest BCUT2D eigenvalue weighted by Gasteiger charge is -2.31. The zero-order valence-electron chi connectivity index (χ0n) is 16.3. The lowest BCUT2D eigenvalue weighted by atomic mass is 9.91. The van der Waals surface area contributed by atoms with Crippen LogP contribution in [0.15, 0.2) is 48.5 Å². The molecule has 2 aromatic carbocycles. The van der Waals surface area contributed by atoms with E-state index in [-0.39, 0.29) is 17.9 Å². The Morgan fingerprint density at radius 1 is 0.966 bits per heavy atom. The van der Waals surface area contributed by atoms with Gasteiger partial charge in [0.05, 0.1) is 5.92 Å². The van der Waals surface area contributed by atoms with E-state index in [1.54, 1.807) is 4.90 Å². The SMILES string of the molecule is O=C(O)[C@H]1C[C@@H]1C1CCN(C(=O)OCC2c3ccccc3-c3ccccc32)CC1. The Bertz CT molecular complexity index is 902. The van der Waals surface area contributed by atoms with E-state index in [0.717, 1.165) is 19.3 Å². The molecule has 3 aliphatic rings. The van der Waals surface area contributed by atoms with Gasteiger partial charge in [0, 0.05) is 19.0 Å². The molecule has 1 heterocycles. The number of hydrogen-bond acceptors (Lipinski definition) is 3. The molecule has 29 heavy (non-hydrogen) atoms. The van der Waals surface area contributed by atoms with Gasteiger partial charge in [-0.2, -0.15) is 0 Å². The average Bonchev–Trinajstić information content (AvgIpc) is 3.50. The Morgan fingerprint density at radius 2 is 1.55 bits per heavy atom. The van der Waals surface area contributed by atoms with Gasteiger partial charge in [-0.1, -0.05) is 48.5 Å². The van der Waals surface area contributed by atoms with Crippen LogP contribution in [0.5, 0.6) is 0 Å². The first-order valence-electron chi connectivity index (χ1n) is 10.5. The summed E-state index contributed by atoms with van der Waals surface area (Å²) in [5, 5.41) is 9.12. The van der Waals surface area contributed by atoms with Gasteiger partial charge >= 0.3 is 12.1 Å². The van der Waals surface area contributed by atoms with Crippen LogP contribution >= 0.6 is 0 Å². The molecule has 0 spiro atoms. The number of fused-ring (bicyclic) bond motifs is 3. The number of carbonyl (C=O) groups excluding carboxylic acids is 1. The number of rotatable bonds is 4. The Hall–Kier alpha value is -2.82. The molecule has 1 aliphatic heterocycles. The molecule has 1 N–H and O–H groups in total. The summed E-state index contributed by atoms with van der Waals surface area (Å²) < 4.78 is 5.74. The van der Waals surface area contributed by atoms with E-state index >= 15 is 0 Å². The third kappa shape index (κ3) is 3.28. The zero-order chi connectivity index (χ0) is 20.0. The number of piperidine rings is 1. The first kappa shape index (κ1) is 18.2. The molecule has 1 saturated carbocycles. The maximum Gasteiger partial charge on any atom is 0.409 e. The zero-order valence-corrected chi connectivity index (χ0v) is 16.3. The van der Waals surface area contributed by atoms with Gasteiger partial charge in [-0.15, -0.1) is 0 Å². The second kappa shape index (κ2) is 7.21. The van der Waals surface area contributed by atoms with E-state index in [1.807, 2.05) is 24.3 Å². The summed E-state index contributed by atoms with van der Waals surface area (Å²) >= 11 is 0. The van der Waals surface area contributed by atoms with E-state index in [2.05, 4.69) is 24.3 Å². The Morgan fingerprint density at radius 3 is 2.10 bits per heavy atom. The van der Waals surface area contributed by atoms with Crippen molar-refractivity contribution in [1.29, 1.82) is 0 Å². The summed E-state index contributed by atoms with van der Waals surface area (Å²) in [5.74, 6) is -0.0347. The molecule has 0 unspecified atom stereocenters. The van der Waals surface area contributed by atoms with Crippen LogP contribution in [0.1, 0.15) is 36.3 Å². The number of nitrogens with zero attached hydrogens (tertiary/aromatic N) is 1. The largest absolute Gasteiger partial charge is 0.481 e. The fraction of sp³-hybridized carbons (Fsp3) is 0.417. The van der Waals surface area contributed by atoms with Crippen LogP contribution in [0.25, 0.3) is 11.1 Å². The number of carboxylic acid groups (broad SMARTS) is 1. The van der Waals surface area contributed by atoms with E-state index in [4.69, 9.17) is 9.84 Å². The molecule has 0 aromatic heterocycles. The standard InChI is InChI=1S/C24H25NO4/c26-23(27)21-13-20(21)15-9-11-25(12-10-15)24(28)29-14-22-18-7-3-1-5-16(18)17-6-2-4-8-19(17)22/h1-8,15,20-22H,9-14H2,(H,26,27)/t20-,21+/m1/s1. The Kier molecular flexibility index (Phi) is 4.53. The van der Waals surface area contributed by atoms with Crippen molar-refractivity contribution in [1.82, 2.24) is 4.90 Å². The van der Waals surface area contributed by atoms with Crippen LogP contribution < -0.4 is 0 Å². The van der Waals surface area contributed by atoms with Crippen molar-refractivity contribution >= 4 is 12.1 Å². The molecule has 5 rings (SSSR count). The average molecular weight is 391 g/mol. The highest BCUT2D eigenvalue weighted by atomic mass is 16.6. The second-order valence-electron chi connectivity index (χ2n) is 8.47. The molecule has 1 saturated heterocycles. The van der Waals surface area contributed by atoms with E-state index in [0.29, 0.717) is 31.5 Å². The number of carbonyl (C=O) groups is 2. The summed E-state index contributed by atoms with van der Waals surface area (Å²) in [5.41, 5.74) is 4.88. The Balaban J connectivity index is 1.19. The van der Waals surface area contributed by atoms with Crippen LogP contribution in [0, 0.1) is 17.8 Å². The second-order valence-corrected chi connectivity index (χ2v) is 8.47. The minimum atomic E-state index is -0.672. The van der Waals surface area contributed by atoms with Crippen molar-refractivity contribution in [3.63, 3.8) is 0 Å². The number of ether oxygens (including phenoxy) is 1. The predicted octanol–water partition coefficient (Wildman–Crippen LogP) is 4.37. The summed E-state index contributed by atoms with van der Waals surface area (Å²) in [6.07, 6.45) is 2.29. The highest BCUT2D eigenvalue weighted by molar-refractivity contribution is 5.79. The van der Waals surface area contributed by atoms with Crippen molar-refractivity contribution in [2.24, 2.45) is 17.8 Å². The van der Waals surface area contributed by atoms with Gasteiger partial charge in [-0.05, 0) is 53.4 Å². The molecular weight excluding hydrogens is 366 g/mol. The summed E-state index contributed by atoms with van der Waals surface area (Å²) in [6, 6.07) is 16.7. The van der Waals surface area contributed by atoms with Gasteiger partial charge < -0.3 is 14.7 Å². The van der Waals surface area contributed by atoms with Crippen molar-refractivity contribution in [3.8, 4) is 11.1 Å². The molecule has 2 atom stereocenters. The van der Waals surface area contributed by atoms with Gasteiger partial charge in [0.15, 0.2) is 0 Å². The van der Waals surface area contributed by atoms with Gasteiger partial charge in [0.1, 0.15) is 6.61 Å². The predicted molar refractivity (Wildman–Crippen MR) is 109 cm³/mol. The van der Waals surface area contributed by atoms with Crippen molar-refractivity contribution in [2.75, 3.05) is 19.7 Å². The molecule has 2 aromatic rings. The van der Waals surface area contributed by atoms with E-state index < -0.39 is 5.97 Å². The monoisotopic (exact) mass is 391 g/mol. The fourth-order valence-corrected chi connectivity index (χ4v) is 5.22. The van der Waals surface area contributed by atoms with Gasteiger partial charge in [-0.25, -0.2) is 4.79 Å². The smallest absolute Gasteiger partial charge is 0.409 e. The fourth-order valence-electron chi connectivity index (χ4n) is 5.22. The van der Waals surface area contributed by atoms with Crippen LogP contribution in [0.4, 0.5) is 4.79 Å². The topological polar surface area (TPSA) is 66.8 Å². The maximum absolute atomic E-state index is 12.7. The molecular formula is C24H25NO4. The van der Waals surface area contributed by atoms with Gasteiger partial charge in [0.2, 0.25) is 0 Å². The lowest BCUT2D eigenvalue weighted by molar-refractivity contribution is -0.139. The van der Waals surface area contributed by atoms with Gasteiger partial charge in [0.25, 0.3) is 0 Å². The number of amides is 1. The third-order valence-corrected chi connectivity index (χ3v) is 6.90. The van der Waals surface area contributed by atoms with E-state index in [9.17, 15) is 9.59 Å². The van der Waals surface area contributed by atoms with E-state index in [1.165, 1.54) is 22.3 Å². The quantitative estimate of drug-likeness (QED) is 0.841. The van der Waals surface area contributed by atoms with Gasteiger partial charge in [-0.3, -0.25) is 4.79 Å². The molecule has 150 valence electrons. The van der Waals surface area contributed by atoms with Crippen molar-refractivity contribution < 1.29 is 19.4 Å². The molecule has 0 bridgehead atoms. The molecule has 2 aliphatic carbocycles. The van der Waals surface area contributed by atoms with Crippen LogP contribution in [-0.4, -0.2) is 41.8 Å². The third-order valence-electron chi connectivity index (χ3n) is 6.90. The molecule has 2 fully saturated rings. The van der Waals surface area contributed by atoms with Crippen LogP contribution in [0.2, 0.25) is 0 Å². The minimum absolute atomic E-state index is 0.0756. The first-order chi connectivity index (χ1) is 14.1. The molecule has 5 heteroatoms. The van der Waals surface area contributed by atoms with Crippen molar-refractivity contribution in [2.45, 2.75) is 25.2 Å². The number of carboxylic acids is 1. The van der Waals surface area contributed by atoms with Crippen LogP contribution in [-0.2, 0) is 9.53 Å². The summed E-state index contributed by atoms with van der Waals surface area (Å²) in [4.78, 5) is 25.5. The molecule has 0 radical (unpaired) electrons. The highest BCUT2D eigenvalue weighted by Crippen LogP contribution is 2.48. The number of aliphatic carboxylic acids is 1. The maximum atomic E-state index is 12.7. The number of likely N-dealkylation sites (tertiary alicyclic amines) is 1. The molecule has 1 amide bonds. The first-order valence-corrected chi connectivity index (χ1v) is 10.5. The molecule has 5 nitrogen and oxygen atoms in total.